The number of halogens is 2. The average Bonchev–Trinajstić information content (AvgIpc) is 2.30. The molecule has 1 fully saturated rings. The first kappa shape index (κ1) is 12.6. The second kappa shape index (κ2) is 6.15. The Morgan fingerprint density at radius 2 is 1.81 bits per heavy atom. The maximum atomic E-state index is 6.14. The largest absolute Gasteiger partial charge is 0.317 e. The summed E-state index contributed by atoms with van der Waals surface area (Å²) in [5.74, 6) is 0.920. The van der Waals surface area contributed by atoms with Crippen LogP contribution in [-0.2, 0) is 5.75 Å². The van der Waals surface area contributed by atoms with Crippen molar-refractivity contribution in [1.29, 1.82) is 0 Å². The van der Waals surface area contributed by atoms with E-state index in [4.69, 9.17) is 23.2 Å². The van der Waals surface area contributed by atoms with Gasteiger partial charge in [-0.15, -0.1) is 0 Å². The third-order valence-corrected chi connectivity index (χ3v) is 4.92. The summed E-state index contributed by atoms with van der Waals surface area (Å²) in [4.78, 5) is 0. The molecule has 0 amide bonds. The van der Waals surface area contributed by atoms with Crippen LogP contribution < -0.4 is 5.32 Å². The highest BCUT2D eigenvalue weighted by atomic mass is 35.5. The predicted octanol–water partition coefficient (Wildman–Crippen LogP) is 3.98. The molecule has 1 heterocycles. The zero-order valence-corrected chi connectivity index (χ0v) is 11.3. The number of rotatable bonds is 3. The summed E-state index contributed by atoms with van der Waals surface area (Å²) in [6.07, 6.45) is 2.49. The minimum atomic E-state index is 0.744. The summed E-state index contributed by atoms with van der Waals surface area (Å²) in [5.41, 5.74) is 1.08. The third-order valence-electron chi connectivity index (χ3n) is 2.81. The van der Waals surface area contributed by atoms with E-state index < -0.39 is 0 Å². The first-order chi connectivity index (χ1) is 7.77. The maximum Gasteiger partial charge on any atom is 0.0461 e. The molecule has 0 bridgehead atoms. The molecule has 16 heavy (non-hydrogen) atoms. The highest BCUT2D eigenvalue weighted by Crippen LogP contribution is 2.31. The molecule has 88 valence electrons. The van der Waals surface area contributed by atoms with Crippen molar-refractivity contribution in [3.05, 3.63) is 33.8 Å². The van der Waals surface area contributed by atoms with Gasteiger partial charge in [-0.2, -0.15) is 11.8 Å². The van der Waals surface area contributed by atoms with Crippen LogP contribution in [0.2, 0.25) is 10.0 Å². The van der Waals surface area contributed by atoms with E-state index in [0.717, 1.165) is 39.7 Å². The monoisotopic (exact) mass is 275 g/mol. The Morgan fingerprint density at radius 3 is 2.44 bits per heavy atom. The Balaban J connectivity index is 1.93. The van der Waals surface area contributed by atoms with Crippen LogP contribution in [-0.4, -0.2) is 18.3 Å². The molecule has 1 aliphatic rings. The van der Waals surface area contributed by atoms with Gasteiger partial charge in [0.2, 0.25) is 0 Å². The number of hydrogen-bond acceptors (Lipinski definition) is 2. The molecule has 1 saturated heterocycles. The van der Waals surface area contributed by atoms with Crippen LogP contribution in [0.3, 0.4) is 0 Å². The van der Waals surface area contributed by atoms with E-state index in [9.17, 15) is 0 Å². The molecule has 1 nitrogen and oxygen atoms in total. The van der Waals surface area contributed by atoms with Gasteiger partial charge in [0.05, 0.1) is 0 Å². The standard InChI is InChI=1S/C12H15Cl2NS/c13-11-2-1-3-12(14)10(11)8-16-9-4-6-15-7-5-9/h1-3,9,15H,4-8H2. The van der Waals surface area contributed by atoms with Crippen molar-refractivity contribution in [3.8, 4) is 0 Å². The molecule has 2 rings (SSSR count). The van der Waals surface area contributed by atoms with Gasteiger partial charge in [-0.1, -0.05) is 29.3 Å². The van der Waals surface area contributed by atoms with Crippen molar-refractivity contribution >= 4 is 35.0 Å². The fourth-order valence-corrected chi connectivity index (χ4v) is 3.81. The fraction of sp³-hybridized carbons (Fsp3) is 0.500. The van der Waals surface area contributed by atoms with E-state index >= 15 is 0 Å². The molecular formula is C12H15Cl2NS. The number of piperidine rings is 1. The normalized spacial score (nSPS) is 17.6. The summed E-state index contributed by atoms with van der Waals surface area (Å²) in [5, 5.41) is 5.69. The molecule has 0 saturated carbocycles. The van der Waals surface area contributed by atoms with Crippen molar-refractivity contribution in [3.63, 3.8) is 0 Å². The van der Waals surface area contributed by atoms with Crippen LogP contribution in [0.4, 0.5) is 0 Å². The summed E-state index contributed by atoms with van der Waals surface area (Å²) in [6, 6.07) is 5.71. The molecule has 0 atom stereocenters. The van der Waals surface area contributed by atoms with Gasteiger partial charge in [0.15, 0.2) is 0 Å². The molecular weight excluding hydrogens is 261 g/mol. The van der Waals surface area contributed by atoms with Gasteiger partial charge in [0.1, 0.15) is 0 Å². The average molecular weight is 276 g/mol. The summed E-state index contributed by atoms with van der Waals surface area (Å²) < 4.78 is 0. The van der Waals surface area contributed by atoms with E-state index in [2.05, 4.69) is 5.32 Å². The topological polar surface area (TPSA) is 12.0 Å². The van der Waals surface area contributed by atoms with Crippen LogP contribution in [0.15, 0.2) is 18.2 Å². The number of benzene rings is 1. The van der Waals surface area contributed by atoms with Gasteiger partial charge in [-0.25, -0.2) is 0 Å². The van der Waals surface area contributed by atoms with Crippen molar-refractivity contribution < 1.29 is 0 Å². The van der Waals surface area contributed by atoms with E-state index in [1.807, 2.05) is 30.0 Å². The van der Waals surface area contributed by atoms with E-state index in [-0.39, 0.29) is 0 Å². The lowest BCUT2D eigenvalue weighted by Gasteiger charge is -2.22. The molecule has 1 N–H and O–H groups in total. The summed E-state index contributed by atoms with van der Waals surface area (Å²) >= 11 is 14.2. The highest BCUT2D eigenvalue weighted by molar-refractivity contribution is 7.99. The third kappa shape index (κ3) is 3.30. The van der Waals surface area contributed by atoms with Gasteiger partial charge < -0.3 is 5.32 Å². The highest BCUT2D eigenvalue weighted by Gasteiger charge is 2.14. The molecule has 1 aromatic carbocycles. The zero-order chi connectivity index (χ0) is 11.4. The zero-order valence-electron chi connectivity index (χ0n) is 9.01. The fourth-order valence-electron chi connectivity index (χ4n) is 1.83. The quantitative estimate of drug-likeness (QED) is 0.896. The molecule has 0 radical (unpaired) electrons. The Hall–Kier alpha value is 0.110. The smallest absolute Gasteiger partial charge is 0.0461 e. The number of thioether (sulfide) groups is 1. The number of nitrogens with one attached hydrogen (secondary N) is 1. The summed E-state index contributed by atoms with van der Waals surface area (Å²) in [7, 11) is 0. The first-order valence-electron chi connectivity index (χ1n) is 5.52. The van der Waals surface area contributed by atoms with Crippen LogP contribution in [0, 0.1) is 0 Å². The second-order valence-corrected chi connectivity index (χ2v) is 6.06. The molecule has 1 aliphatic heterocycles. The molecule has 1 aromatic rings. The van der Waals surface area contributed by atoms with E-state index in [1.54, 1.807) is 0 Å². The predicted molar refractivity (Wildman–Crippen MR) is 73.6 cm³/mol. The molecule has 0 aliphatic carbocycles. The van der Waals surface area contributed by atoms with Crippen LogP contribution in [0.5, 0.6) is 0 Å². The van der Waals surface area contributed by atoms with Crippen molar-refractivity contribution in [2.24, 2.45) is 0 Å². The molecule has 0 unspecified atom stereocenters. The Morgan fingerprint density at radius 1 is 1.19 bits per heavy atom. The van der Waals surface area contributed by atoms with Crippen molar-refractivity contribution in [1.82, 2.24) is 5.32 Å². The van der Waals surface area contributed by atoms with Gasteiger partial charge in [-0.3, -0.25) is 0 Å². The molecule has 4 heteroatoms. The van der Waals surface area contributed by atoms with Crippen LogP contribution in [0.1, 0.15) is 18.4 Å². The van der Waals surface area contributed by atoms with Crippen LogP contribution >= 0.6 is 35.0 Å². The summed E-state index contributed by atoms with van der Waals surface area (Å²) in [6.45, 7) is 2.27. The lowest BCUT2D eigenvalue weighted by Crippen LogP contribution is -2.29. The van der Waals surface area contributed by atoms with E-state index in [1.165, 1.54) is 12.8 Å². The van der Waals surface area contributed by atoms with Gasteiger partial charge in [-0.05, 0) is 43.6 Å². The van der Waals surface area contributed by atoms with Gasteiger partial charge >= 0.3 is 0 Å². The van der Waals surface area contributed by atoms with Crippen molar-refractivity contribution in [2.75, 3.05) is 13.1 Å². The maximum absolute atomic E-state index is 6.14. The lowest BCUT2D eigenvalue weighted by molar-refractivity contribution is 0.531. The van der Waals surface area contributed by atoms with Gasteiger partial charge in [0.25, 0.3) is 0 Å². The number of hydrogen-bond donors (Lipinski definition) is 1. The Kier molecular flexibility index (Phi) is 4.83. The lowest BCUT2D eigenvalue weighted by atomic mass is 10.2. The van der Waals surface area contributed by atoms with Crippen LogP contribution in [0.25, 0.3) is 0 Å². The van der Waals surface area contributed by atoms with Gasteiger partial charge in [0, 0.05) is 21.0 Å². The second-order valence-electron chi connectivity index (χ2n) is 3.96. The molecule has 0 aromatic heterocycles. The Bertz CT molecular complexity index is 331. The van der Waals surface area contributed by atoms with Crippen molar-refractivity contribution in [2.45, 2.75) is 23.8 Å². The minimum absolute atomic E-state index is 0.744. The Labute approximate surface area is 111 Å². The first-order valence-corrected chi connectivity index (χ1v) is 7.33. The molecule has 0 spiro atoms. The SMILES string of the molecule is Clc1cccc(Cl)c1CSC1CCNCC1. The van der Waals surface area contributed by atoms with E-state index in [0.29, 0.717) is 0 Å². The minimum Gasteiger partial charge on any atom is -0.317 e.